The molecule has 25 heteroatoms. The maximum absolute atomic E-state index is 13.9. The zero-order valence-electron chi connectivity index (χ0n) is 40.9. The van der Waals surface area contributed by atoms with Crippen molar-refractivity contribution < 1.29 is 43.3 Å². The first-order valence-electron chi connectivity index (χ1n) is 23.0. The average molecular weight is 1060 g/mol. The minimum absolute atomic E-state index is 0.0110. The van der Waals surface area contributed by atoms with Crippen molar-refractivity contribution in [3.8, 4) is 46.3 Å². The van der Waals surface area contributed by atoms with Crippen LogP contribution in [0.3, 0.4) is 0 Å². The van der Waals surface area contributed by atoms with Gasteiger partial charge in [-0.25, -0.2) is 29.6 Å². The molecule has 6 aromatic carbocycles. The van der Waals surface area contributed by atoms with Crippen LogP contribution in [-0.2, 0) is 14.0 Å². The Labute approximate surface area is 445 Å². The second kappa shape index (κ2) is 22.3. The van der Waals surface area contributed by atoms with Gasteiger partial charge in [-0.15, -0.1) is 10.2 Å². The summed E-state index contributed by atoms with van der Waals surface area (Å²) in [4.78, 5) is 62.6. The number of benzene rings is 6. The maximum Gasteiger partial charge on any atom is 0.337 e. The number of carbonyl (C=O) groups excluding carboxylic acids is 3. The van der Waals surface area contributed by atoms with E-state index in [4.69, 9.17) is 18.7 Å². The van der Waals surface area contributed by atoms with Gasteiger partial charge in [0.25, 0.3) is 23.7 Å². The quantitative estimate of drug-likeness (QED) is 0.0123. The van der Waals surface area contributed by atoms with Crippen molar-refractivity contribution in [3.05, 3.63) is 169 Å². The lowest BCUT2D eigenvalue weighted by Gasteiger charge is -2.18. The number of hydrogen-bond donors (Lipinski definition) is 6. The van der Waals surface area contributed by atoms with E-state index < -0.39 is 23.5 Å². The number of amides is 2. The highest BCUT2D eigenvalue weighted by atomic mass is 32.2. The van der Waals surface area contributed by atoms with E-state index in [-0.39, 0.29) is 62.9 Å². The molecule has 10 rings (SSSR count). The minimum atomic E-state index is -0.713. The predicted octanol–water partition coefficient (Wildman–Crippen LogP) is 9.63. The Balaban J connectivity index is 0.984. The van der Waals surface area contributed by atoms with Crippen molar-refractivity contribution in [3.63, 3.8) is 0 Å². The fourth-order valence-corrected chi connectivity index (χ4v) is 8.38. The molecule has 0 aliphatic carbocycles. The molecule has 0 saturated heterocycles. The largest absolute Gasteiger partial charge is 0.505 e. The van der Waals surface area contributed by atoms with Crippen LogP contribution in [0.4, 0.5) is 34.4 Å². The minimum Gasteiger partial charge on any atom is -0.505 e. The molecule has 0 aliphatic rings. The maximum atomic E-state index is 13.9. The molecule has 0 unspecified atom stereocenters. The van der Waals surface area contributed by atoms with Crippen molar-refractivity contribution >= 4 is 85.8 Å². The van der Waals surface area contributed by atoms with Gasteiger partial charge in [0, 0.05) is 52.5 Å². The summed E-state index contributed by atoms with van der Waals surface area (Å²) >= 11 is 0.827. The van der Waals surface area contributed by atoms with Gasteiger partial charge in [-0.3, -0.25) is 20.4 Å². The fraction of sp³-hybridized carbons (Fsp3) is 0.0566. The number of esters is 1. The summed E-state index contributed by atoms with van der Waals surface area (Å²) in [6.07, 6.45) is 8.79. The number of nitriles is 1. The van der Waals surface area contributed by atoms with E-state index in [1.807, 2.05) is 12.1 Å². The van der Waals surface area contributed by atoms with Crippen LogP contribution in [0.25, 0.3) is 44.6 Å². The monoisotopic (exact) mass is 1060 g/mol. The number of rotatable bonds is 17. The second-order valence-corrected chi connectivity index (χ2v) is 17.1. The van der Waals surface area contributed by atoms with Crippen LogP contribution in [0.2, 0.25) is 0 Å². The summed E-state index contributed by atoms with van der Waals surface area (Å²) in [5.74, 6) is -1.75. The van der Waals surface area contributed by atoms with Crippen LogP contribution >= 0.6 is 12.0 Å². The molecule has 6 N–H and O–H groups in total. The number of aromatic hydroxyl groups is 2. The van der Waals surface area contributed by atoms with Crippen LogP contribution in [0.5, 0.6) is 17.2 Å². The molecule has 10 aromatic rings. The number of hydrogen-bond acceptors (Lipinski definition) is 21. The predicted molar refractivity (Wildman–Crippen MR) is 285 cm³/mol. The first-order chi connectivity index (χ1) is 38.0. The van der Waals surface area contributed by atoms with E-state index in [1.54, 1.807) is 79.9 Å². The van der Waals surface area contributed by atoms with Crippen molar-refractivity contribution in [1.82, 2.24) is 39.5 Å². The number of anilines is 4. The molecule has 0 spiro atoms. The summed E-state index contributed by atoms with van der Waals surface area (Å²) < 4.78 is 17.8. The normalized spacial score (nSPS) is 11.1. The van der Waals surface area contributed by atoms with Gasteiger partial charge in [-0.1, -0.05) is 36.4 Å². The third-order valence-electron chi connectivity index (χ3n) is 11.8. The Morgan fingerprint density at radius 2 is 1.32 bits per heavy atom. The van der Waals surface area contributed by atoms with Crippen molar-refractivity contribution in [2.24, 2.45) is 10.2 Å². The molecule has 24 nitrogen and oxygen atoms in total. The highest BCUT2D eigenvalue weighted by Crippen LogP contribution is 2.42. The number of nitrogens with one attached hydrogen (secondary N) is 4. The van der Waals surface area contributed by atoms with Gasteiger partial charge in [0.15, 0.2) is 23.1 Å². The molecule has 0 bridgehead atoms. The number of fused-ring (bicyclic) bond motifs is 2. The SMILES string of the molecule is COOSc1cnn(-c2ncc(-c3ccc4cc(C(=O)Nc5ccc(C(=O)OC)cc5)c(O)c(N=Nc5c(C#N)cnn5-c5ncccn5)c4c3)cn2)c1NNc1c(O)c(C(=O)Nc2ccc(OC)cc2)cc2ccccc12. The number of methoxy groups -OCH3 is 2. The van der Waals surface area contributed by atoms with Crippen LogP contribution in [0.1, 0.15) is 36.6 Å². The lowest BCUT2D eigenvalue weighted by molar-refractivity contribution is -0.160. The molecule has 2 amide bonds. The van der Waals surface area contributed by atoms with Gasteiger partial charge in [0.05, 0.1) is 62.5 Å². The molecule has 0 fully saturated rings. The molecule has 0 aliphatic heterocycles. The lowest BCUT2D eigenvalue weighted by atomic mass is 9.98. The molecule has 4 aromatic heterocycles. The number of nitrogens with zero attached hydrogens (tertiary/aromatic N) is 11. The molecule has 0 saturated carbocycles. The first kappa shape index (κ1) is 50.7. The van der Waals surface area contributed by atoms with Gasteiger partial charge in [0.2, 0.25) is 0 Å². The topological polar surface area (TPSA) is 312 Å². The molecule has 0 atom stereocenters. The number of phenolic OH excluding ortho intramolecular Hbond substituents is 2. The number of hydrazine groups is 1. The van der Waals surface area contributed by atoms with Gasteiger partial charge < -0.3 is 30.3 Å². The number of carbonyl (C=O) groups is 3. The Kier molecular flexibility index (Phi) is 14.5. The van der Waals surface area contributed by atoms with Gasteiger partial charge >= 0.3 is 5.97 Å². The third kappa shape index (κ3) is 10.3. The zero-order valence-corrected chi connectivity index (χ0v) is 41.8. The lowest BCUT2D eigenvalue weighted by Crippen LogP contribution is -2.17. The Hall–Kier alpha value is -10.8. The van der Waals surface area contributed by atoms with Crippen molar-refractivity contribution in [2.45, 2.75) is 4.90 Å². The first-order valence-corrected chi connectivity index (χ1v) is 23.8. The van der Waals surface area contributed by atoms with Gasteiger partial charge in [-0.2, -0.15) is 29.2 Å². The molecular weight excluding hydrogens is 1020 g/mol. The van der Waals surface area contributed by atoms with E-state index in [0.29, 0.717) is 54.7 Å². The van der Waals surface area contributed by atoms with Gasteiger partial charge in [-0.05, 0) is 89.1 Å². The van der Waals surface area contributed by atoms with Crippen molar-refractivity contribution in [1.29, 1.82) is 5.26 Å². The summed E-state index contributed by atoms with van der Waals surface area (Å²) in [6, 6.07) is 31.8. The molecule has 386 valence electrons. The number of aromatic nitrogens is 8. The average Bonchev–Trinajstić information content (AvgIpc) is 4.17. The second-order valence-electron chi connectivity index (χ2n) is 16.4. The van der Waals surface area contributed by atoms with Crippen LogP contribution < -0.4 is 26.2 Å². The smallest absolute Gasteiger partial charge is 0.337 e. The summed E-state index contributed by atoms with van der Waals surface area (Å²) in [7, 11) is 4.14. The summed E-state index contributed by atoms with van der Waals surface area (Å²) in [6.45, 7) is 0. The Bertz CT molecular complexity index is 3980. The van der Waals surface area contributed by atoms with Crippen LogP contribution in [-0.4, -0.2) is 88.8 Å². The summed E-state index contributed by atoms with van der Waals surface area (Å²) in [5.41, 5.74) is 8.14. The highest BCUT2D eigenvalue weighted by Gasteiger charge is 2.24. The van der Waals surface area contributed by atoms with Crippen LogP contribution in [0.15, 0.2) is 161 Å². The van der Waals surface area contributed by atoms with Crippen molar-refractivity contribution in [2.75, 3.05) is 42.8 Å². The zero-order chi connectivity index (χ0) is 54.3. The highest BCUT2D eigenvalue weighted by molar-refractivity contribution is 7.94. The van der Waals surface area contributed by atoms with Crippen LogP contribution in [0, 0.1) is 11.3 Å². The standard InChI is InChI=1S/C53H39N15O9S/c1-74-37-17-15-36(16-18-37)62-49(71)40-22-31-7-4-5-8-38(31)43(45(40)69)63-66-48-42(78-77-76-3)28-60-68(48)53-57-25-34(26-58-53)30-9-10-32-23-41(50(72)61-35-13-11-29(12-14-35)51(73)75-2)46(70)44(39(32)21-30)64-65-47-33(24-54)27-59-67(47)52-55-19-6-20-56-52/h4-23,25-28,63,66,69-70H,1-3H3,(H,61,72)(H,62,71). The third-order valence-corrected chi connectivity index (χ3v) is 12.4. The van der Waals surface area contributed by atoms with E-state index in [9.17, 15) is 29.9 Å². The molecule has 4 heterocycles. The Morgan fingerprint density at radius 3 is 2.00 bits per heavy atom. The van der Waals surface area contributed by atoms with E-state index in [0.717, 1.165) is 12.0 Å². The molecule has 0 radical (unpaired) electrons. The molecular formula is C53H39N15O9S. The number of phenols is 2. The molecule has 78 heavy (non-hydrogen) atoms. The van der Waals surface area contributed by atoms with E-state index >= 15 is 0 Å². The fourth-order valence-electron chi connectivity index (χ4n) is 7.93. The number of azo groups is 1. The summed E-state index contributed by atoms with van der Waals surface area (Å²) in [5, 5.41) is 58.7. The number of ether oxygens (including phenoxy) is 2. The van der Waals surface area contributed by atoms with E-state index in [1.165, 1.54) is 91.1 Å². The van der Waals surface area contributed by atoms with E-state index in [2.05, 4.69) is 61.8 Å². The van der Waals surface area contributed by atoms with Gasteiger partial charge in [0.1, 0.15) is 33.7 Å². The Morgan fingerprint density at radius 1 is 0.667 bits per heavy atom.